The Kier molecular flexibility index (Phi) is 2.38. The predicted octanol–water partition coefficient (Wildman–Crippen LogP) is 2.19. The van der Waals surface area contributed by atoms with Crippen LogP contribution < -0.4 is 0 Å². The van der Waals surface area contributed by atoms with Crippen LogP contribution in [-0.2, 0) is 4.79 Å². The van der Waals surface area contributed by atoms with Crippen molar-refractivity contribution in [3.8, 4) is 0 Å². The summed E-state index contributed by atoms with van der Waals surface area (Å²) in [5.74, 6) is 2.65. The Labute approximate surface area is 98.8 Å². The van der Waals surface area contributed by atoms with Crippen molar-refractivity contribution in [2.45, 2.75) is 24.1 Å². The number of nitrogens with zero attached hydrogens (tertiary/aromatic N) is 1. The molecule has 3 rings (SSSR count). The highest BCUT2D eigenvalue weighted by molar-refractivity contribution is 9.09. The second-order valence-electron chi connectivity index (χ2n) is 5.14. The molecular weight excluding hydrogens is 254 g/mol. The van der Waals surface area contributed by atoms with E-state index in [1.54, 1.807) is 0 Å². The molecular formula is C12H16BrNO. The number of hydrogen-bond donors (Lipinski definition) is 0. The van der Waals surface area contributed by atoms with Crippen LogP contribution >= 0.6 is 15.9 Å². The Morgan fingerprint density at radius 2 is 2.27 bits per heavy atom. The molecule has 1 saturated heterocycles. The molecule has 82 valence electrons. The van der Waals surface area contributed by atoms with Gasteiger partial charge in [0.05, 0.1) is 0 Å². The van der Waals surface area contributed by atoms with Gasteiger partial charge in [-0.3, -0.25) is 4.79 Å². The van der Waals surface area contributed by atoms with Crippen LogP contribution in [0.25, 0.3) is 0 Å². The third-order valence-electron chi connectivity index (χ3n) is 4.04. The van der Waals surface area contributed by atoms with Crippen LogP contribution in [0, 0.1) is 17.8 Å². The van der Waals surface area contributed by atoms with Crippen molar-refractivity contribution in [3.63, 3.8) is 0 Å². The number of carbonyl (C=O) groups is 1. The van der Waals surface area contributed by atoms with E-state index < -0.39 is 0 Å². The molecule has 2 bridgehead atoms. The lowest BCUT2D eigenvalue weighted by molar-refractivity contribution is -0.128. The average Bonchev–Trinajstić information content (AvgIpc) is 2.83. The summed E-state index contributed by atoms with van der Waals surface area (Å²) in [7, 11) is 0. The normalized spacial score (nSPS) is 43.3. The summed E-state index contributed by atoms with van der Waals surface area (Å²) in [5, 5.41) is 0. The van der Waals surface area contributed by atoms with E-state index in [0.717, 1.165) is 30.8 Å². The molecule has 1 saturated carbocycles. The van der Waals surface area contributed by atoms with E-state index in [1.807, 2.05) is 0 Å². The largest absolute Gasteiger partial charge is 0.341 e. The Morgan fingerprint density at radius 3 is 2.80 bits per heavy atom. The van der Waals surface area contributed by atoms with Crippen LogP contribution in [0.15, 0.2) is 12.2 Å². The molecule has 2 fully saturated rings. The van der Waals surface area contributed by atoms with Crippen LogP contribution in [-0.4, -0.2) is 28.7 Å². The fraction of sp³-hybridized carbons (Fsp3) is 0.750. The molecule has 1 heterocycles. The van der Waals surface area contributed by atoms with Gasteiger partial charge in [-0.15, -0.1) is 0 Å². The van der Waals surface area contributed by atoms with Crippen LogP contribution in [0.3, 0.4) is 0 Å². The van der Waals surface area contributed by atoms with Gasteiger partial charge in [0.2, 0.25) is 5.91 Å². The highest BCUT2D eigenvalue weighted by Crippen LogP contribution is 2.44. The second-order valence-corrected chi connectivity index (χ2v) is 6.44. The summed E-state index contributed by atoms with van der Waals surface area (Å²) in [4.78, 5) is 14.1. The van der Waals surface area contributed by atoms with Gasteiger partial charge in [-0.1, -0.05) is 28.1 Å². The summed E-state index contributed by atoms with van der Waals surface area (Å²) in [6.45, 7) is 1.91. The second kappa shape index (κ2) is 3.62. The molecule has 2 nitrogen and oxygen atoms in total. The Morgan fingerprint density at radius 1 is 1.40 bits per heavy atom. The zero-order valence-electron chi connectivity index (χ0n) is 8.73. The van der Waals surface area contributed by atoms with Gasteiger partial charge in [0, 0.05) is 24.3 Å². The SMILES string of the molecule is O=C1CC(Br)CN1CC1CC2C=CC1C2. The van der Waals surface area contributed by atoms with Gasteiger partial charge in [-0.05, 0) is 30.6 Å². The smallest absolute Gasteiger partial charge is 0.223 e. The first-order chi connectivity index (χ1) is 7.22. The zero-order valence-corrected chi connectivity index (χ0v) is 10.3. The lowest BCUT2D eigenvalue weighted by Crippen LogP contribution is -2.32. The number of amides is 1. The molecule has 0 N–H and O–H groups in total. The molecule has 15 heavy (non-hydrogen) atoms. The molecule has 4 atom stereocenters. The molecule has 2 aliphatic carbocycles. The highest BCUT2D eigenvalue weighted by Gasteiger charge is 2.38. The van der Waals surface area contributed by atoms with Gasteiger partial charge in [-0.2, -0.15) is 0 Å². The summed E-state index contributed by atoms with van der Waals surface area (Å²) in [6.07, 6.45) is 8.06. The third-order valence-corrected chi connectivity index (χ3v) is 4.65. The predicted molar refractivity (Wildman–Crippen MR) is 62.8 cm³/mol. The zero-order chi connectivity index (χ0) is 10.4. The first-order valence-corrected chi connectivity index (χ1v) is 6.74. The van der Waals surface area contributed by atoms with Gasteiger partial charge < -0.3 is 4.90 Å². The number of hydrogen-bond acceptors (Lipinski definition) is 1. The van der Waals surface area contributed by atoms with Crippen molar-refractivity contribution >= 4 is 21.8 Å². The maximum atomic E-state index is 11.7. The molecule has 3 heteroatoms. The van der Waals surface area contributed by atoms with Crippen molar-refractivity contribution in [2.24, 2.45) is 17.8 Å². The van der Waals surface area contributed by atoms with Crippen molar-refractivity contribution < 1.29 is 4.79 Å². The molecule has 1 aliphatic heterocycles. The Hall–Kier alpha value is -0.310. The van der Waals surface area contributed by atoms with Gasteiger partial charge in [0.1, 0.15) is 0 Å². The molecule has 0 spiro atoms. The molecule has 0 radical (unpaired) electrons. The van der Waals surface area contributed by atoms with E-state index in [4.69, 9.17) is 0 Å². The van der Waals surface area contributed by atoms with Crippen molar-refractivity contribution in [3.05, 3.63) is 12.2 Å². The summed E-state index contributed by atoms with van der Waals surface area (Å²) >= 11 is 3.53. The van der Waals surface area contributed by atoms with E-state index in [-0.39, 0.29) is 0 Å². The minimum Gasteiger partial charge on any atom is -0.341 e. The van der Waals surface area contributed by atoms with Crippen LogP contribution in [0.5, 0.6) is 0 Å². The first-order valence-electron chi connectivity index (χ1n) is 5.82. The minimum absolute atomic E-state index is 0.337. The van der Waals surface area contributed by atoms with Gasteiger partial charge in [0.15, 0.2) is 0 Å². The molecule has 0 aromatic rings. The molecule has 1 amide bonds. The van der Waals surface area contributed by atoms with Crippen molar-refractivity contribution in [2.75, 3.05) is 13.1 Å². The van der Waals surface area contributed by atoms with E-state index in [9.17, 15) is 4.79 Å². The van der Waals surface area contributed by atoms with Crippen LogP contribution in [0.1, 0.15) is 19.3 Å². The first kappa shape index (κ1) is 9.88. The van der Waals surface area contributed by atoms with Crippen molar-refractivity contribution in [1.29, 1.82) is 0 Å². The van der Waals surface area contributed by atoms with Crippen LogP contribution in [0.2, 0.25) is 0 Å². The topological polar surface area (TPSA) is 20.3 Å². The van der Waals surface area contributed by atoms with E-state index in [0.29, 0.717) is 17.2 Å². The third kappa shape index (κ3) is 1.75. The fourth-order valence-electron chi connectivity index (χ4n) is 3.29. The average molecular weight is 270 g/mol. The number of alkyl halides is 1. The highest BCUT2D eigenvalue weighted by atomic mass is 79.9. The quantitative estimate of drug-likeness (QED) is 0.556. The molecule has 0 aromatic heterocycles. The standard InChI is InChI=1S/C12H16BrNO/c13-11-5-12(15)14(7-11)6-10-4-8-1-2-9(10)3-8/h1-2,8-11H,3-7H2. The Balaban J connectivity index is 1.62. The van der Waals surface area contributed by atoms with E-state index >= 15 is 0 Å². The molecule has 4 unspecified atom stereocenters. The monoisotopic (exact) mass is 269 g/mol. The Bertz CT molecular complexity index is 315. The number of rotatable bonds is 2. The van der Waals surface area contributed by atoms with Gasteiger partial charge in [-0.25, -0.2) is 0 Å². The molecule has 0 aromatic carbocycles. The number of carbonyl (C=O) groups excluding carboxylic acids is 1. The number of allylic oxidation sites excluding steroid dienone is 2. The minimum atomic E-state index is 0.337. The number of fused-ring (bicyclic) bond motifs is 2. The number of halogens is 1. The van der Waals surface area contributed by atoms with Gasteiger partial charge >= 0.3 is 0 Å². The summed E-state index contributed by atoms with van der Waals surface area (Å²) in [5.41, 5.74) is 0. The summed E-state index contributed by atoms with van der Waals surface area (Å²) in [6, 6.07) is 0. The van der Waals surface area contributed by atoms with Crippen molar-refractivity contribution in [1.82, 2.24) is 4.90 Å². The lowest BCUT2D eigenvalue weighted by atomic mass is 9.93. The number of likely N-dealkylation sites (tertiary alicyclic amines) is 1. The lowest BCUT2D eigenvalue weighted by Gasteiger charge is -2.24. The van der Waals surface area contributed by atoms with Crippen LogP contribution in [0.4, 0.5) is 0 Å². The maximum absolute atomic E-state index is 11.7. The maximum Gasteiger partial charge on any atom is 0.223 e. The summed E-state index contributed by atoms with van der Waals surface area (Å²) < 4.78 is 0. The molecule has 3 aliphatic rings. The van der Waals surface area contributed by atoms with E-state index in [2.05, 4.69) is 33.0 Å². The van der Waals surface area contributed by atoms with Gasteiger partial charge in [0.25, 0.3) is 0 Å². The fourth-order valence-corrected chi connectivity index (χ4v) is 3.91. The van der Waals surface area contributed by atoms with E-state index in [1.165, 1.54) is 12.8 Å².